The van der Waals surface area contributed by atoms with Crippen LogP contribution in [0.1, 0.15) is 22.6 Å². The Balaban J connectivity index is 1.42. The SMILES string of the molecule is COc1ccc(CN2CC(c3cccnc3)C3(C2)OCCN(Cc2ccncc2)C3=O)cc1. The molecule has 2 fully saturated rings. The number of hydrogen-bond acceptors (Lipinski definition) is 6. The Hall–Kier alpha value is -3.29. The van der Waals surface area contributed by atoms with Crippen molar-refractivity contribution in [2.24, 2.45) is 0 Å². The largest absolute Gasteiger partial charge is 0.497 e. The summed E-state index contributed by atoms with van der Waals surface area (Å²) in [5.74, 6) is 0.802. The Morgan fingerprint density at radius 1 is 1.03 bits per heavy atom. The molecule has 4 heterocycles. The van der Waals surface area contributed by atoms with Crippen LogP contribution in [0.4, 0.5) is 0 Å². The van der Waals surface area contributed by atoms with Crippen molar-refractivity contribution in [2.75, 3.05) is 33.4 Å². The molecule has 0 N–H and O–H groups in total. The molecular weight excluding hydrogens is 416 g/mol. The molecule has 0 bridgehead atoms. The summed E-state index contributed by atoms with van der Waals surface area (Å²) in [6, 6.07) is 16.0. The Kier molecular flexibility index (Phi) is 6.07. The highest BCUT2D eigenvalue weighted by Crippen LogP contribution is 2.42. The number of aromatic nitrogens is 2. The molecular formula is C26H28N4O3. The molecule has 1 aromatic carbocycles. The minimum atomic E-state index is -0.916. The number of benzene rings is 1. The summed E-state index contributed by atoms with van der Waals surface area (Å²) in [6.07, 6.45) is 7.16. The van der Waals surface area contributed by atoms with Gasteiger partial charge in [0.05, 0.1) is 13.7 Å². The first-order valence-corrected chi connectivity index (χ1v) is 11.3. The van der Waals surface area contributed by atoms with Crippen molar-refractivity contribution >= 4 is 5.91 Å². The summed E-state index contributed by atoms with van der Waals surface area (Å²) in [5.41, 5.74) is 2.37. The van der Waals surface area contributed by atoms with Crippen molar-refractivity contribution in [2.45, 2.75) is 24.6 Å². The molecule has 33 heavy (non-hydrogen) atoms. The molecule has 1 amide bonds. The minimum absolute atomic E-state index is 0.0525. The quantitative estimate of drug-likeness (QED) is 0.583. The lowest BCUT2D eigenvalue weighted by molar-refractivity contribution is -0.173. The summed E-state index contributed by atoms with van der Waals surface area (Å²) in [5, 5.41) is 0. The molecule has 7 heteroatoms. The Bertz CT molecular complexity index is 1080. The highest BCUT2D eigenvalue weighted by Gasteiger charge is 2.56. The number of carbonyl (C=O) groups is 1. The standard InChI is InChI=1S/C26H28N4O3/c1-32-23-6-4-20(5-7-23)16-29-18-24(22-3-2-10-28-15-22)26(19-29)25(31)30(13-14-33-26)17-21-8-11-27-12-9-21/h2-12,15,24H,13-14,16-19H2,1H3. The second kappa shape index (κ2) is 9.29. The van der Waals surface area contributed by atoms with Crippen molar-refractivity contribution in [1.29, 1.82) is 0 Å². The smallest absolute Gasteiger partial charge is 0.257 e. The summed E-state index contributed by atoms with van der Waals surface area (Å²) in [6.45, 7) is 3.68. The van der Waals surface area contributed by atoms with Gasteiger partial charge in [-0.25, -0.2) is 0 Å². The zero-order valence-electron chi connectivity index (χ0n) is 18.8. The van der Waals surface area contributed by atoms with E-state index in [1.807, 2.05) is 41.4 Å². The first-order valence-electron chi connectivity index (χ1n) is 11.3. The number of pyridine rings is 2. The zero-order chi connectivity index (χ0) is 22.7. The third-order valence-corrected chi connectivity index (χ3v) is 6.61. The van der Waals surface area contributed by atoms with Gasteiger partial charge in [-0.1, -0.05) is 18.2 Å². The summed E-state index contributed by atoms with van der Waals surface area (Å²) in [7, 11) is 1.67. The van der Waals surface area contributed by atoms with E-state index < -0.39 is 5.60 Å². The second-order valence-corrected chi connectivity index (χ2v) is 8.68. The molecule has 3 aromatic rings. The van der Waals surface area contributed by atoms with Crippen LogP contribution in [-0.2, 0) is 22.6 Å². The molecule has 7 nitrogen and oxygen atoms in total. The van der Waals surface area contributed by atoms with Crippen molar-refractivity contribution in [1.82, 2.24) is 19.8 Å². The Labute approximate surface area is 194 Å². The van der Waals surface area contributed by atoms with E-state index in [2.05, 4.69) is 33.1 Å². The number of morpholine rings is 1. The van der Waals surface area contributed by atoms with Crippen LogP contribution >= 0.6 is 0 Å². The van der Waals surface area contributed by atoms with Gasteiger partial charge in [0.1, 0.15) is 5.75 Å². The number of ether oxygens (including phenoxy) is 2. The first-order chi connectivity index (χ1) is 16.2. The van der Waals surface area contributed by atoms with E-state index in [1.165, 1.54) is 5.56 Å². The molecule has 0 radical (unpaired) electrons. The van der Waals surface area contributed by atoms with Crippen LogP contribution < -0.4 is 4.74 Å². The van der Waals surface area contributed by atoms with Crippen LogP contribution in [0.15, 0.2) is 73.3 Å². The van der Waals surface area contributed by atoms with Crippen LogP contribution in [0, 0.1) is 0 Å². The van der Waals surface area contributed by atoms with Crippen LogP contribution in [0.25, 0.3) is 0 Å². The molecule has 2 unspecified atom stereocenters. The van der Waals surface area contributed by atoms with E-state index in [1.54, 1.807) is 25.7 Å². The second-order valence-electron chi connectivity index (χ2n) is 8.68. The molecule has 5 rings (SSSR count). The van der Waals surface area contributed by atoms with Gasteiger partial charge in [0.25, 0.3) is 5.91 Å². The van der Waals surface area contributed by atoms with Gasteiger partial charge in [0.15, 0.2) is 5.60 Å². The van der Waals surface area contributed by atoms with Crippen molar-refractivity contribution in [3.05, 3.63) is 90.0 Å². The Morgan fingerprint density at radius 2 is 1.82 bits per heavy atom. The van der Waals surface area contributed by atoms with Gasteiger partial charge in [-0.15, -0.1) is 0 Å². The highest BCUT2D eigenvalue weighted by atomic mass is 16.5. The van der Waals surface area contributed by atoms with Crippen molar-refractivity contribution in [3.63, 3.8) is 0 Å². The normalized spacial score (nSPS) is 23.2. The average Bonchev–Trinajstić information content (AvgIpc) is 3.22. The van der Waals surface area contributed by atoms with E-state index in [0.29, 0.717) is 26.2 Å². The lowest BCUT2D eigenvalue weighted by Gasteiger charge is -2.42. The average molecular weight is 445 g/mol. The van der Waals surface area contributed by atoms with Gasteiger partial charge in [0.2, 0.25) is 0 Å². The number of hydrogen-bond donors (Lipinski definition) is 0. The number of carbonyl (C=O) groups excluding carboxylic acids is 1. The topological polar surface area (TPSA) is 67.8 Å². The lowest BCUT2D eigenvalue weighted by atomic mass is 9.83. The molecule has 1 spiro atoms. The van der Waals surface area contributed by atoms with Crippen LogP contribution in [0.2, 0.25) is 0 Å². The van der Waals surface area contributed by atoms with E-state index in [-0.39, 0.29) is 11.8 Å². The maximum atomic E-state index is 13.9. The minimum Gasteiger partial charge on any atom is -0.497 e. The van der Waals surface area contributed by atoms with Gasteiger partial charge >= 0.3 is 0 Å². The zero-order valence-corrected chi connectivity index (χ0v) is 18.8. The van der Waals surface area contributed by atoms with E-state index in [0.717, 1.165) is 30.0 Å². The summed E-state index contributed by atoms with van der Waals surface area (Å²) in [4.78, 5) is 26.6. The van der Waals surface area contributed by atoms with Gasteiger partial charge in [-0.2, -0.15) is 0 Å². The van der Waals surface area contributed by atoms with E-state index >= 15 is 0 Å². The fourth-order valence-corrected chi connectivity index (χ4v) is 4.97. The van der Waals surface area contributed by atoms with E-state index in [4.69, 9.17) is 9.47 Å². The Morgan fingerprint density at radius 3 is 2.55 bits per heavy atom. The molecule has 2 aliphatic heterocycles. The summed E-state index contributed by atoms with van der Waals surface area (Å²) >= 11 is 0. The van der Waals surface area contributed by atoms with Gasteiger partial charge < -0.3 is 14.4 Å². The fraction of sp³-hybridized carbons (Fsp3) is 0.346. The van der Waals surface area contributed by atoms with Gasteiger partial charge in [0, 0.05) is 63.4 Å². The van der Waals surface area contributed by atoms with Crippen molar-refractivity contribution < 1.29 is 14.3 Å². The number of amides is 1. The predicted octanol–water partition coefficient (Wildman–Crippen LogP) is 2.88. The number of likely N-dealkylation sites (tertiary alicyclic amines) is 1. The van der Waals surface area contributed by atoms with Gasteiger partial charge in [-0.3, -0.25) is 19.7 Å². The van der Waals surface area contributed by atoms with Crippen LogP contribution in [0.3, 0.4) is 0 Å². The molecule has 2 saturated heterocycles. The molecule has 0 saturated carbocycles. The van der Waals surface area contributed by atoms with Crippen LogP contribution in [-0.4, -0.2) is 64.6 Å². The maximum Gasteiger partial charge on any atom is 0.257 e. The predicted molar refractivity (Wildman–Crippen MR) is 124 cm³/mol. The first kappa shape index (κ1) is 21.6. The lowest BCUT2D eigenvalue weighted by Crippen LogP contribution is -2.59. The number of rotatable bonds is 6. The third kappa shape index (κ3) is 4.34. The van der Waals surface area contributed by atoms with E-state index in [9.17, 15) is 4.79 Å². The maximum absolute atomic E-state index is 13.9. The highest BCUT2D eigenvalue weighted by molar-refractivity contribution is 5.88. The van der Waals surface area contributed by atoms with Crippen molar-refractivity contribution in [3.8, 4) is 5.75 Å². The monoisotopic (exact) mass is 444 g/mol. The molecule has 170 valence electrons. The number of nitrogens with zero attached hydrogens (tertiary/aromatic N) is 4. The van der Waals surface area contributed by atoms with Crippen LogP contribution in [0.5, 0.6) is 5.75 Å². The summed E-state index contributed by atoms with van der Waals surface area (Å²) < 4.78 is 11.7. The number of methoxy groups -OCH3 is 1. The van der Waals surface area contributed by atoms with Gasteiger partial charge in [-0.05, 0) is 47.0 Å². The fourth-order valence-electron chi connectivity index (χ4n) is 4.97. The molecule has 2 atom stereocenters. The molecule has 2 aromatic heterocycles. The third-order valence-electron chi connectivity index (χ3n) is 6.61. The molecule has 2 aliphatic rings. The molecule has 0 aliphatic carbocycles.